The van der Waals surface area contributed by atoms with Gasteiger partial charge in [-0.05, 0) is 18.2 Å². The van der Waals surface area contributed by atoms with Crippen molar-refractivity contribution in [3.8, 4) is 0 Å². The molecule has 0 saturated carbocycles. The molecule has 1 N–H and O–H groups in total. The van der Waals surface area contributed by atoms with Gasteiger partial charge in [0.1, 0.15) is 19.0 Å². The second kappa shape index (κ2) is 7.25. The number of carbonyl (C=O) groups excluding carboxylic acids is 2. The molecule has 0 aromatic heterocycles. The Bertz CT molecular complexity index is 624. The number of alkyl halides is 6. The Labute approximate surface area is 134 Å². The van der Waals surface area contributed by atoms with E-state index in [4.69, 9.17) is 5.11 Å². The molecule has 0 aliphatic heterocycles. The topological polar surface area (TPSA) is 72.8 Å². The van der Waals surface area contributed by atoms with Crippen LogP contribution in [0.25, 0.3) is 0 Å². The standard InChI is InChI=1S/C13H9F7O5/c14-8-3-1-2-7(6-8)9(21)24-4-5-25-10(22)11(23,12(15,16)17)13(18,19)20/h1-3,6,23H,4-5H2. The van der Waals surface area contributed by atoms with Crippen molar-refractivity contribution < 1.29 is 54.9 Å². The summed E-state index contributed by atoms with van der Waals surface area (Å²) in [6, 6.07) is 4.05. The lowest BCUT2D eigenvalue weighted by Gasteiger charge is -2.29. The monoisotopic (exact) mass is 378 g/mol. The molecule has 0 aliphatic rings. The van der Waals surface area contributed by atoms with Gasteiger partial charge >= 0.3 is 29.9 Å². The van der Waals surface area contributed by atoms with Crippen LogP contribution in [-0.4, -0.2) is 48.2 Å². The third kappa shape index (κ3) is 4.59. The highest BCUT2D eigenvalue weighted by Crippen LogP contribution is 2.43. The molecule has 5 nitrogen and oxygen atoms in total. The first-order valence-corrected chi connectivity index (χ1v) is 6.26. The van der Waals surface area contributed by atoms with Gasteiger partial charge in [0.2, 0.25) is 0 Å². The van der Waals surface area contributed by atoms with Crippen LogP contribution < -0.4 is 0 Å². The van der Waals surface area contributed by atoms with Gasteiger partial charge in [-0.25, -0.2) is 14.0 Å². The van der Waals surface area contributed by atoms with Crippen LogP contribution in [0.1, 0.15) is 10.4 Å². The number of carbonyl (C=O) groups is 2. The number of ether oxygens (including phenoxy) is 2. The maximum Gasteiger partial charge on any atom is 0.437 e. The first-order chi connectivity index (χ1) is 11.3. The summed E-state index contributed by atoms with van der Waals surface area (Å²) in [5, 5.41) is 8.70. The number of hydrogen-bond acceptors (Lipinski definition) is 5. The van der Waals surface area contributed by atoms with E-state index < -0.39 is 48.9 Å². The maximum absolute atomic E-state index is 12.9. The van der Waals surface area contributed by atoms with Crippen molar-refractivity contribution in [3.05, 3.63) is 35.6 Å². The highest BCUT2D eigenvalue weighted by Gasteiger charge is 2.76. The van der Waals surface area contributed by atoms with Gasteiger partial charge in [0.25, 0.3) is 0 Å². The highest BCUT2D eigenvalue weighted by atomic mass is 19.4. The van der Waals surface area contributed by atoms with E-state index in [1.807, 2.05) is 0 Å². The zero-order valence-corrected chi connectivity index (χ0v) is 11.9. The van der Waals surface area contributed by atoms with Crippen molar-refractivity contribution in [1.82, 2.24) is 0 Å². The van der Waals surface area contributed by atoms with Crippen LogP contribution >= 0.6 is 0 Å². The molecule has 140 valence electrons. The number of hydrogen-bond donors (Lipinski definition) is 1. The molecular weight excluding hydrogens is 369 g/mol. The molecule has 0 spiro atoms. The van der Waals surface area contributed by atoms with Gasteiger partial charge in [-0.2, -0.15) is 26.3 Å². The van der Waals surface area contributed by atoms with Gasteiger partial charge in [0, 0.05) is 0 Å². The number of halogens is 7. The third-order valence-corrected chi connectivity index (χ3v) is 2.73. The molecule has 0 unspecified atom stereocenters. The van der Waals surface area contributed by atoms with Crippen molar-refractivity contribution >= 4 is 11.9 Å². The first-order valence-electron chi connectivity index (χ1n) is 6.26. The summed E-state index contributed by atoms with van der Waals surface area (Å²) in [5.41, 5.74) is -6.00. The molecule has 0 radical (unpaired) electrons. The Hall–Kier alpha value is -2.37. The molecular formula is C13H9F7O5. The molecule has 0 atom stereocenters. The molecule has 1 aromatic rings. The largest absolute Gasteiger partial charge is 0.459 e. The van der Waals surface area contributed by atoms with Gasteiger partial charge in [-0.1, -0.05) is 6.07 Å². The minimum absolute atomic E-state index is 0.284. The fourth-order valence-electron chi connectivity index (χ4n) is 1.46. The number of rotatable bonds is 5. The van der Waals surface area contributed by atoms with Crippen LogP contribution in [0.2, 0.25) is 0 Å². The minimum Gasteiger partial charge on any atom is -0.459 e. The van der Waals surface area contributed by atoms with Crippen molar-refractivity contribution in [3.63, 3.8) is 0 Å². The van der Waals surface area contributed by atoms with Crippen LogP contribution in [-0.2, 0) is 14.3 Å². The van der Waals surface area contributed by atoms with Crippen molar-refractivity contribution in [2.45, 2.75) is 18.0 Å². The van der Waals surface area contributed by atoms with Gasteiger partial charge in [-0.15, -0.1) is 0 Å². The van der Waals surface area contributed by atoms with Gasteiger partial charge in [0.15, 0.2) is 0 Å². The summed E-state index contributed by atoms with van der Waals surface area (Å²) in [6.45, 7) is -2.12. The lowest BCUT2D eigenvalue weighted by atomic mass is 10.0. The van der Waals surface area contributed by atoms with Crippen molar-refractivity contribution in [2.24, 2.45) is 0 Å². The Kier molecular flexibility index (Phi) is 6.00. The zero-order chi connectivity index (χ0) is 19.5. The third-order valence-electron chi connectivity index (χ3n) is 2.73. The summed E-state index contributed by atoms with van der Waals surface area (Å²) in [6.07, 6.45) is -12.7. The average molecular weight is 378 g/mol. The quantitative estimate of drug-likeness (QED) is 0.484. The van der Waals surface area contributed by atoms with E-state index >= 15 is 0 Å². The Morgan fingerprint density at radius 2 is 1.48 bits per heavy atom. The van der Waals surface area contributed by atoms with E-state index in [-0.39, 0.29) is 5.56 Å². The molecule has 0 heterocycles. The Morgan fingerprint density at radius 3 is 1.96 bits per heavy atom. The summed E-state index contributed by atoms with van der Waals surface area (Å²) in [4.78, 5) is 22.4. The molecule has 12 heteroatoms. The second-order valence-electron chi connectivity index (χ2n) is 4.49. The summed E-state index contributed by atoms with van der Waals surface area (Å²) in [7, 11) is 0. The Balaban J connectivity index is 2.63. The molecule has 0 amide bonds. The van der Waals surface area contributed by atoms with Crippen LogP contribution in [0.3, 0.4) is 0 Å². The van der Waals surface area contributed by atoms with E-state index in [1.54, 1.807) is 0 Å². The van der Waals surface area contributed by atoms with Crippen molar-refractivity contribution in [1.29, 1.82) is 0 Å². The molecule has 0 saturated heterocycles. The van der Waals surface area contributed by atoms with Crippen LogP contribution in [0.15, 0.2) is 24.3 Å². The van der Waals surface area contributed by atoms with Gasteiger partial charge in [0.05, 0.1) is 5.56 Å². The molecule has 0 fully saturated rings. The van der Waals surface area contributed by atoms with Gasteiger partial charge < -0.3 is 14.6 Å². The number of aliphatic hydroxyl groups is 1. The fraction of sp³-hybridized carbons (Fsp3) is 0.385. The second-order valence-corrected chi connectivity index (χ2v) is 4.49. The molecule has 0 aliphatic carbocycles. The van der Waals surface area contributed by atoms with E-state index in [0.717, 1.165) is 24.3 Å². The van der Waals surface area contributed by atoms with E-state index in [1.165, 1.54) is 0 Å². The average Bonchev–Trinajstić information content (AvgIpc) is 2.47. The minimum atomic E-state index is -6.37. The Morgan fingerprint density at radius 1 is 0.960 bits per heavy atom. The predicted octanol–water partition coefficient (Wildman–Crippen LogP) is 2.38. The molecule has 1 rings (SSSR count). The predicted molar refractivity (Wildman–Crippen MR) is 64.7 cm³/mol. The summed E-state index contributed by atoms with van der Waals surface area (Å²) < 4.78 is 95.1. The SMILES string of the molecule is O=C(OCCOC(=O)C(O)(C(F)(F)F)C(F)(F)F)c1cccc(F)c1. The van der Waals surface area contributed by atoms with E-state index in [0.29, 0.717) is 0 Å². The molecule has 0 bridgehead atoms. The lowest BCUT2D eigenvalue weighted by molar-refractivity contribution is -0.357. The fourth-order valence-corrected chi connectivity index (χ4v) is 1.46. The van der Waals surface area contributed by atoms with Crippen molar-refractivity contribution in [2.75, 3.05) is 13.2 Å². The normalized spacial score (nSPS) is 12.6. The maximum atomic E-state index is 12.9. The summed E-state index contributed by atoms with van der Waals surface area (Å²) in [5.74, 6) is -4.96. The lowest BCUT2D eigenvalue weighted by Crippen LogP contribution is -2.63. The first kappa shape index (κ1) is 20.7. The van der Waals surface area contributed by atoms with E-state index in [9.17, 15) is 40.3 Å². The van der Waals surface area contributed by atoms with Gasteiger partial charge in [-0.3, -0.25) is 0 Å². The molecule has 1 aromatic carbocycles. The van der Waals surface area contributed by atoms with E-state index in [2.05, 4.69) is 9.47 Å². The highest BCUT2D eigenvalue weighted by molar-refractivity contribution is 5.89. The van der Waals surface area contributed by atoms with Crippen LogP contribution in [0.5, 0.6) is 0 Å². The summed E-state index contributed by atoms with van der Waals surface area (Å²) >= 11 is 0. The number of benzene rings is 1. The van der Waals surface area contributed by atoms with Crippen LogP contribution in [0.4, 0.5) is 30.7 Å². The molecule has 25 heavy (non-hydrogen) atoms. The zero-order valence-electron chi connectivity index (χ0n) is 11.9. The smallest absolute Gasteiger partial charge is 0.437 e. The number of esters is 2. The van der Waals surface area contributed by atoms with Crippen LogP contribution in [0, 0.1) is 5.82 Å².